The first-order valence-corrected chi connectivity index (χ1v) is 7.13. The number of carbonyl (C=O) groups excluding carboxylic acids is 1. The number of alkyl halides is 3. The minimum atomic E-state index is -4.49. The summed E-state index contributed by atoms with van der Waals surface area (Å²) in [6, 6.07) is 0. The average molecular weight is 319 g/mol. The lowest BCUT2D eigenvalue weighted by Gasteiger charge is -2.11. The van der Waals surface area contributed by atoms with Crippen molar-refractivity contribution < 1.29 is 27.5 Å². The molecular formula is C13H16F3N3O3. The summed E-state index contributed by atoms with van der Waals surface area (Å²) in [6.45, 7) is 0.684. The summed E-state index contributed by atoms with van der Waals surface area (Å²) in [6.07, 6.45) is -2.53. The molecule has 122 valence electrons. The molecule has 3 rings (SSSR count). The fraction of sp³-hybridized carbons (Fsp3) is 0.692. The third-order valence-electron chi connectivity index (χ3n) is 3.80. The van der Waals surface area contributed by atoms with Gasteiger partial charge in [-0.25, -0.2) is 5.48 Å². The molecule has 1 atom stereocenters. The minimum Gasteiger partial charge on any atom is -0.379 e. The van der Waals surface area contributed by atoms with E-state index in [1.165, 1.54) is 0 Å². The number of hydrogen-bond acceptors (Lipinski definition) is 4. The smallest absolute Gasteiger partial charge is 0.379 e. The van der Waals surface area contributed by atoms with Crippen molar-refractivity contribution in [1.82, 2.24) is 15.3 Å². The first-order valence-electron chi connectivity index (χ1n) is 7.13. The highest BCUT2D eigenvalue weighted by atomic mass is 19.4. The van der Waals surface area contributed by atoms with E-state index in [0.717, 1.165) is 4.68 Å². The molecule has 22 heavy (non-hydrogen) atoms. The van der Waals surface area contributed by atoms with E-state index in [1.807, 2.05) is 0 Å². The van der Waals surface area contributed by atoms with Crippen LogP contribution in [0.15, 0.2) is 0 Å². The van der Waals surface area contributed by atoms with E-state index in [4.69, 9.17) is 9.57 Å². The van der Waals surface area contributed by atoms with Gasteiger partial charge < -0.3 is 4.74 Å². The highest BCUT2D eigenvalue weighted by Gasteiger charge is 2.40. The third kappa shape index (κ3) is 3.09. The lowest BCUT2D eigenvalue weighted by Crippen LogP contribution is -2.33. The fourth-order valence-electron chi connectivity index (χ4n) is 2.79. The summed E-state index contributed by atoms with van der Waals surface area (Å²) in [5.74, 6) is -0.530. The van der Waals surface area contributed by atoms with Crippen molar-refractivity contribution in [2.24, 2.45) is 0 Å². The van der Waals surface area contributed by atoms with Crippen LogP contribution < -0.4 is 5.48 Å². The zero-order chi connectivity index (χ0) is 15.7. The van der Waals surface area contributed by atoms with Gasteiger partial charge in [0.05, 0.1) is 6.61 Å². The third-order valence-corrected chi connectivity index (χ3v) is 3.80. The van der Waals surface area contributed by atoms with Crippen LogP contribution in [0.25, 0.3) is 0 Å². The van der Waals surface area contributed by atoms with Crippen molar-refractivity contribution in [2.45, 2.75) is 44.5 Å². The summed E-state index contributed by atoms with van der Waals surface area (Å²) in [7, 11) is 0. The van der Waals surface area contributed by atoms with Crippen molar-refractivity contribution in [1.29, 1.82) is 0 Å². The molecule has 1 fully saturated rings. The molecule has 1 aromatic rings. The van der Waals surface area contributed by atoms with Gasteiger partial charge in [-0.3, -0.25) is 14.3 Å². The molecule has 1 aromatic heterocycles. The monoisotopic (exact) mass is 319 g/mol. The summed E-state index contributed by atoms with van der Waals surface area (Å²) in [5.41, 5.74) is 2.08. The Bertz CT molecular complexity index is 565. The molecule has 1 saturated heterocycles. The Morgan fingerprint density at radius 1 is 1.45 bits per heavy atom. The Morgan fingerprint density at radius 3 is 2.95 bits per heavy atom. The maximum Gasteiger partial charge on any atom is 0.435 e. The Kier molecular flexibility index (Phi) is 4.09. The first kappa shape index (κ1) is 15.3. The molecule has 1 unspecified atom stereocenters. The molecule has 2 heterocycles. The van der Waals surface area contributed by atoms with Crippen LogP contribution in [-0.4, -0.2) is 35.0 Å². The molecule has 9 heteroatoms. The van der Waals surface area contributed by atoms with Crippen LogP contribution in [0.1, 0.15) is 29.8 Å². The van der Waals surface area contributed by atoms with E-state index < -0.39 is 17.8 Å². The predicted octanol–water partition coefficient (Wildman–Crippen LogP) is 1.23. The van der Waals surface area contributed by atoms with Crippen LogP contribution in [0.4, 0.5) is 13.2 Å². The lowest BCUT2D eigenvalue weighted by atomic mass is 10.2. The SMILES string of the molecule is O=C(Cn1nc(C(F)(F)F)c2c1CCC2)NOC1CCOC1. The normalized spacial score (nSPS) is 21.1. The van der Waals surface area contributed by atoms with Gasteiger partial charge in [-0.05, 0) is 19.3 Å². The van der Waals surface area contributed by atoms with E-state index in [9.17, 15) is 18.0 Å². The standard InChI is InChI=1S/C13H16F3N3O3/c14-13(15,16)12-9-2-1-3-10(9)19(17-12)6-11(20)18-22-8-4-5-21-7-8/h8H,1-7H2,(H,18,20). The van der Waals surface area contributed by atoms with Crippen molar-refractivity contribution >= 4 is 5.91 Å². The molecule has 1 aliphatic heterocycles. The summed E-state index contributed by atoms with van der Waals surface area (Å²) >= 11 is 0. The van der Waals surface area contributed by atoms with Gasteiger partial charge in [-0.15, -0.1) is 0 Å². The molecular weight excluding hydrogens is 303 g/mol. The summed E-state index contributed by atoms with van der Waals surface area (Å²) < 4.78 is 45.0. The van der Waals surface area contributed by atoms with Gasteiger partial charge in [0.1, 0.15) is 12.6 Å². The van der Waals surface area contributed by atoms with Gasteiger partial charge in [0, 0.05) is 24.3 Å². The van der Waals surface area contributed by atoms with E-state index in [0.29, 0.717) is 44.6 Å². The fourth-order valence-corrected chi connectivity index (χ4v) is 2.79. The van der Waals surface area contributed by atoms with Crippen molar-refractivity contribution in [3.05, 3.63) is 17.0 Å². The maximum absolute atomic E-state index is 12.9. The molecule has 0 bridgehead atoms. The lowest BCUT2D eigenvalue weighted by molar-refractivity contribution is -0.143. The van der Waals surface area contributed by atoms with Crippen molar-refractivity contribution in [2.75, 3.05) is 13.2 Å². The van der Waals surface area contributed by atoms with Crippen LogP contribution in [-0.2, 0) is 39.9 Å². The van der Waals surface area contributed by atoms with Crippen LogP contribution in [0.5, 0.6) is 0 Å². The van der Waals surface area contributed by atoms with Gasteiger partial charge in [-0.1, -0.05) is 0 Å². The minimum absolute atomic E-state index is 0.210. The summed E-state index contributed by atoms with van der Waals surface area (Å²) in [5, 5.41) is 3.57. The molecule has 0 aromatic carbocycles. The number of amides is 1. The van der Waals surface area contributed by atoms with E-state index in [2.05, 4.69) is 10.6 Å². The zero-order valence-corrected chi connectivity index (χ0v) is 11.8. The highest BCUT2D eigenvalue weighted by Crippen LogP contribution is 2.36. The number of ether oxygens (including phenoxy) is 1. The van der Waals surface area contributed by atoms with Gasteiger partial charge in [0.25, 0.3) is 5.91 Å². The number of fused-ring (bicyclic) bond motifs is 1. The number of aromatic nitrogens is 2. The molecule has 0 spiro atoms. The number of hydrogen-bond donors (Lipinski definition) is 1. The Balaban J connectivity index is 1.66. The van der Waals surface area contributed by atoms with Crippen LogP contribution in [0.2, 0.25) is 0 Å². The Morgan fingerprint density at radius 2 is 2.27 bits per heavy atom. The maximum atomic E-state index is 12.9. The molecule has 1 N–H and O–H groups in total. The second-order valence-corrected chi connectivity index (χ2v) is 5.41. The van der Waals surface area contributed by atoms with Gasteiger partial charge in [0.15, 0.2) is 5.69 Å². The first-order chi connectivity index (χ1) is 10.4. The topological polar surface area (TPSA) is 65.4 Å². The molecule has 1 amide bonds. The number of nitrogens with one attached hydrogen (secondary N) is 1. The van der Waals surface area contributed by atoms with Gasteiger partial charge >= 0.3 is 6.18 Å². The number of rotatable bonds is 4. The molecule has 6 nitrogen and oxygen atoms in total. The van der Waals surface area contributed by atoms with Crippen LogP contribution in [0.3, 0.4) is 0 Å². The number of hydroxylamine groups is 1. The Labute approximate surface area is 124 Å². The van der Waals surface area contributed by atoms with Crippen molar-refractivity contribution in [3.8, 4) is 0 Å². The highest BCUT2D eigenvalue weighted by molar-refractivity contribution is 5.74. The number of nitrogens with zero attached hydrogens (tertiary/aromatic N) is 2. The van der Waals surface area contributed by atoms with Crippen LogP contribution >= 0.6 is 0 Å². The van der Waals surface area contributed by atoms with E-state index >= 15 is 0 Å². The quantitative estimate of drug-likeness (QED) is 0.848. The Hall–Kier alpha value is -1.61. The second kappa shape index (κ2) is 5.88. The van der Waals surface area contributed by atoms with Gasteiger partial charge in [0.2, 0.25) is 0 Å². The number of carbonyl (C=O) groups is 1. The largest absolute Gasteiger partial charge is 0.435 e. The molecule has 1 aliphatic carbocycles. The van der Waals surface area contributed by atoms with Crippen molar-refractivity contribution in [3.63, 3.8) is 0 Å². The van der Waals surface area contributed by atoms with Crippen LogP contribution in [0, 0.1) is 0 Å². The van der Waals surface area contributed by atoms with E-state index in [-0.39, 0.29) is 18.2 Å². The predicted molar refractivity (Wildman–Crippen MR) is 67.7 cm³/mol. The summed E-state index contributed by atoms with van der Waals surface area (Å²) in [4.78, 5) is 17.0. The second-order valence-electron chi connectivity index (χ2n) is 5.41. The molecule has 0 saturated carbocycles. The molecule has 0 radical (unpaired) electrons. The molecule has 2 aliphatic rings. The number of halogens is 3. The zero-order valence-electron chi connectivity index (χ0n) is 11.8. The van der Waals surface area contributed by atoms with E-state index in [1.54, 1.807) is 0 Å². The van der Waals surface area contributed by atoms with Gasteiger partial charge in [-0.2, -0.15) is 18.3 Å². The average Bonchev–Trinajstić information content (AvgIpc) is 3.13.